The molecule has 1 saturated heterocycles. The first-order chi connectivity index (χ1) is 18.0. The van der Waals surface area contributed by atoms with Gasteiger partial charge in [0.1, 0.15) is 5.82 Å². The molecule has 9 nitrogen and oxygen atoms in total. The molecular weight excluding hydrogens is 470 g/mol. The average Bonchev–Trinajstić information content (AvgIpc) is 3.28. The number of benzene rings is 1. The van der Waals surface area contributed by atoms with Gasteiger partial charge in [-0.25, -0.2) is 9.78 Å². The van der Waals surface area contributed by atoms with Gasteiger partial charge in [-0.3, -0.25) is 9.69 Å². The first kappa shape index (κ1) is 25.5. The Labute approximate surface area is 217 Å². The molecule has 3 aromatic rings. The quantitative estimate of drug-likeness (QED) is 0.529. The molecule has 2 aliphatic rings. The predicted molar refractivity (Wildman–Crippen MR) is 143 cm³/mol. The second kappa shape index (κ2) is 11.1. The Balaban J connectivity index is 1.48. The van der Waals surface area contributed by atoms with Gasteiger partial charge in [0.15, 0.2) is 0 Å². The molecule has 0 unspecified atom stereocenters. The highest BCUT2D eigenvalue weighted by molar-refractivity contribution is 5.95. The van der Waals surface area contributed by atoms with Crippen molar-refractivity contribution in [1.82, 2.24) is 19.0 Å². The Morgan fingerprint density at radius 3 is 2.65 bits per heavy atom. The minimum absolute atomic E-state index is 0.0167. The van der Waals surface area contributed by atoms with Crippen LogP contribution in [0.4, 0.5) is 10.5 Å². The first-order valence-corrected chi connectivity index (χ1v) is 13.4. The Kier molecular flexibility index (Phi) is 7.62. The molecule has 4 heterocycles. The van der Waals surface area contributed by atoms with Crippen molar-refractivity contribution in [3.05, 3.63) is 58.3 Å². The van der Waals surface area contributed by atoms with Gasteiger partial charge in [0.2, 0.25) is 0 Å². The molecule has 1 amide bonds. The van der Waals surface area contributed by atoms with Crippen LogP contribution in [-0.2, 0) is 30.7 Å². The number of anilines is 1. The zero-order valence-electron chi connectivity index (χ0n) is 21.8. The third-order valence-corrected chi connectivity index (χ3v) is 8.04. The van der Waals surface area contributed by atoms with E-state index in [9.17, 15) is 14.7 Å². The number of hydrogen-bond acceptors (Lipinski definition) is 6. The van der Waals surface area contributed by atoms with E-state index in [1.807, 2.05) is 25.3 Å². The number of pyridine rings is 1. The molecule has 1 atom stereocenters. The number of fused-ring (bicyclic) bond motifs is 3. The van der Waals surface area contributed by atoms with E-state index in [2.05, 4.69) is 15.5 Å². The van der Waals surface area contributed by atoms with Crippen LogP contribution in [0.5, 0.6) is 0 Å². The van der Waals surface area contributed by atoms with Crippen molar-refractivity contribution in [2.24, 2.45) is 5.92 Å². The number of ether oxygens (including phenoxy) is 1. The van der Waals surface area contributed by atoms with Crippen molar-refractivity contribution in [2.75, 3.05) is 38.3 Å². The monoisotopic (exact) mass is 507 g/mol. The zero-order chi connectivity index (χ0) is 25.9. The normalized spacial score (nSPS) is 18.8. The third kappa shape index (κ3) is 5.15. The molecule has 1 N–H and O–H groups in total. The lowest BCUT2D eigenvalue weighted by atomic mass is 9.96. The maximum atomic E-state index is 12.6. The third-order valence-electron chi connectivity index (χ3n) is 8.04. The second-order valence-corrected chi connectivity index (χ2v) is 10.3. The molecule has 0 radical (unpaired) electrons. The van der Waals surface area contributed by atoms with Crippen LogP contribution in [0, 0.1) is 5.92 Å². The summed E-state index contributed by atoms with van der Waals surface area (Å²) < 4.78 is 9.10. The molecule has 0 bridgehead atoms. The summed E-state index contributed by atoms with van der Waals surface area (Å²) in [4.78, 5) is 34.2. The van der Waals surface area contributed by atoms with Crippen molar-refractivity contribution < 1.29 is 14.6 Å². The Morgan fingerprint density at radius 2 is 1.92 bits per heavy atom. The number of aliphatic hydroxyl groups is 1. The number of rotatable bonds is 7. The number of amides is 1. The van der Waals surface area contributed by atoms with Crippen LogP contribution in [0.1, 0.15) is 37.6 Å². The van der Waals surface area contributed by atoms with Gasteiger partial charge in [-0.2, -0.15) is 0 Å². The lowest BCUT2D eigenvalue weighted by Gasteiger charge is -2.34. The van der Waals surface area contributed by atoms with Gasteiger partial charge in [0.25, 0.3) is 5.56 Å². The SMILES string of the molecule is COC(=O)N1c2ccc3c(nc(CCn4ccccc4=O)n3CCN3CCC(CO)CC3)c2CC[C@@H]1C. The van der Waals surface area contributed by atoms with Crippen molar-refractivity contribution in [1.29, 1.82) is 0 Å². The number of likely N-dealkylation sites (tertiary alicyclic amines) is 1. The zero-order valence-corrected chi connectivity index (χ0v) is 21.8. The van der Waals surface area contributed by atoms with Gasteiger partial charge in [0, 0.05) is 56.5 Å². The number of aryl methyl sites for hydroxylation is 3. The molecule has 9 heteroatoms. The summed E-state index contributed by atoms with van der Waals surface area (Å²) in [6.07, 6.45) is 5.87. The van der Waals surface area contributed by atoms with Gasteiger partial charge in [0.05, 0.1) is 23.8 Å². The summed E-state index contributed by atoms with van der Waals surface area (Å²) in [7, 11) is 1.42. The summed E-state index contributed by atoms with van der Waals surface area (Å²) in [6.45, 7) is 6.57. The van der Waals surface area contributed by atoms with E-state index >= 15 is 0 Å². The fourth-order valence-corrected chi connectivity index (χ4v) is 5.79. The molecule has 1 aromatic carbocycles. The molecule has 1 fully saturated rings. The summed E-state index contributed by atoms with van der Waals surface area (Å²) in [5.41, 5.74) is 3.95. The number of carbonyl (C=O) groups excluding carboxylic acids is 1. The molecule has 2 aromatic heterocycles. The number of imidazole rings is 1. The van der Waals surface area contributed by atoms with Crippen molar-refractivity contribution in [2.45, 2.75) is 58.2 Å². The molecule has 2 aliphatic heterocycles. The molecule has 0 spiro atoms. The van der Waals surface area contributed by atoms with E-state index in [0.717, 1.165) is 80.0 Å². The van der Waals surface area contributed by atoms with Crippen LogP contribution >= 0.6 is 0 Å². The molecular formula is C28H37N5O4. The van der Waals surface area contributed by atoms with Gasteiger partial charge < -0.3 is 23.9 Å². The van der Waals surface area contributed by atoms with Crippen LogP contribution in [0.15, 0.2) is 41.3 Å². The number of nitrogens with zero attached hydrogens (tertiary/aromatic N) is 5. The largest absolute Gasteiger partial charge is 0.452 e. The minimum Gasteiger partial charge on any atom is -0.452 e. The van der Waals surface area contributed by atoms with Crippen LogP contribution in [0.25, 0.3) is 11.0 Å². The van der Waals surface area contributed by atoms with Crippen LogP contribution < -0.4 is 10.5 Å². The molecule has 0 saturated carbocycles. The number of piperidine rings is 1. The van der Waals surface area contributed by atoms with Crippen LogP contribution in [-0.4, -0.2) is 69.6 Å². The molecule has 5 rings (SSSR count). The summed E-state index contributed by atoms with van der Waals surface area (Å²) in [5, 5.41) is 9.48. The highest BCUT2D eigenvalue weighted by Crippen LogP contribution is 2.36. The van der Waals surface area contributed by atoms with E-state index in [4.69, 9.17) is 9.72 Å². The fourth-order valence-electron chi connectivity index (χ4n) is 5.79. The summed E-state index contributed by atoms with van der Waals surface area (Å²) >= 11 is 0. The van der Waals surface area contributed by atoms with E-state index in [1.165, 1.54) is 7.11 Å². The van der Waals surface area contributed by atoms with Gasteiger partial charge in [-0.15, -0.1) is 0 Å². The maximum absolute atomic E-state index is 12.6. The van der Waals surface area contributed by atoms with Crippen LogP contribution in [0.3, 0.4) is 0 Å². The Morgan fingerprint density at radius 1 is 1.11 bits per heavy atom. The van der Waals surface area contributed by atoms with Crippen molar-refractivity contribution >= 4 is 22.8 Å². The molecule has 37 heavy (non-hydrogen) atoms. The number of aromatic nitrogens is 3. The minimum atomic E-state index is -0.345. The van der Waals surface area contributed by atoms with Crippen molar-refractivity contribution in [3.63, 3.8) is 0 Å². The van der Waals surface area contributed by atoms with E-state index in [1.54, 1.807) is 21.6 Å². The predicted octanol–water partition coefficient (Wildman–Crippen LogP) is 3.05. The maximum Gasteiger partial charge on any atom is 0.414 e. The molecule has 0 aliphatic carbocycles. The number of methoxy groups -OCH3 is 1. The average molecular weight is 508 g/mol. The summed E-state index contributed by atoms with van der Waals surface area (Å²) in [6, 6.07) is 9.38. The van der Waals surface area contributed by atoms with Gasteiger partial charge >= 0.3 is 6.09 Å². The van der Waals surface area contributed by atoms with Gasteiger partial charge in [-0.1, -0.05) is 6.07 Å². The molecule has 198 valence electrons. The summed E-state index contributed by atoms with van der Waals surface area (Å²) in [5.74, 6) is 1.37. The fraction of sp³-hybridized carbons (Fsp3) is 0.536. The lowest BCUT2D eigenvalue weighted by molar-refractivity contribution is 0.129. The second-order valence-electron chi connectivity index (χ2n) is 10.3. The van der Waals surface area contributed by atoms with E-state index in [-0.39, 0.29) is 24.3 Å². The number of carbonyl (C=O) groups is 1. The van der Waals surface area contributed by atoms with Gasteiger partial charge in [-0.05, 0) is 69.8 Å². The van der Waals surface area contributed by atoms with Crippen molar-refractivity contribution in [3.8, 4) is 0 Å². The highest BCUT2D eigenvalue weighted by atomic mass is 16.5. The Bertz CT molecular complexity index is 1310. The standard InChI is InChI=1S/C28H37N5O4/c1-20-6-7-22-23(33(20)28(36)37-2)8-9-24-27(22)29-25(12-16-31-13-4-3-5-26(31)35)32(24)18-17-30-14-10-21(19-34)11-15-30/h3-5,8-9,13,20-21,34H,6-7,10-12,14-19H2,1-2H3/t20-/m0/s1. The highest BCUT2D eigenvalue weighted by Gasteiger charge is 2.31. The number of aliphatic hydroxyl groups excluding tert-OH is 1. The topological polar surface area (TPSA) is 92.8 Å². The lowest BCUT2D eigenvalue weighted by Crippen LogP contribution is -2.42. The van der Waals surface area contributed by atoms with Crippen LogP contribution in [0.2, 0.25) is 0 Å². The van der Waals surface area contributed by atoms with E-state index < -0.39 is 0 Å². The smallest absolute Gasteiger partial charge is 0.414 e. The number of hydrogen-bond donors (Lipinski definition) is 1. The Hall–Kier alpha value is -3.17. The van der Waals surface area contributed by atoms with E-state index in [0.29, 0.717) is 18.9 Å². The first-order valence-electron chi connectivity index (χ1n) is 13.4.